The fraction of sp³-hybridized carbons (Fsp3) is 0.778. The molecule has 8 nitrogen and oxygen atoms in total. The molecule has 26 heavy (non-hydrogen) atoms. The summed E-state index contributed by atoms with van der Waals surface area (Å²) in [5.74, 6) is 1.74. The Morgan fingerprint density at radius 3 is 2.58 bits per heavy atom. The van der Waals surface area contributed by atoms with Crippen molar-refractivity contribution in [3.05, 3.63) is 11.9 Å². The number of fused-ring (bicyclic) bond motifs is 3. The first-order valence-electron chi connectivity index (χ1n) is 9.71. The Morgan fingerprint density at radius 1 is 1.15 bits per heavy atom. The highest BCUT2D eigenvalue weighted by atomic mass is 16.5. The maximum absolute atomic E-state index is 13.0. The van der Waals surface area contributed by atoms with Crippen LogP contribution in [-0.2, 0) is 9.53 Å². The number of aromatic nitrogens is 3. The van der Waals surface area contributed by atoms with Gasteiger partial charge < -0.3 is 14.5 Å². The number of aromatic amines is 1. The van der Waals surface area contributed by atoms with E-state index in [0.29, 0.717) is 50.3 Å². The van der Waals surface area contributed by atoms with Gasteiger partial charge in [0.2, 0.25) is 5.91 Å². The van der Waals surface area contributed by atoms with E-state index in [1.165, 1.54) is 31.9 Å². The van der Waals surface area contributed by atoms with Crippen LogP contribution in [0.5, 0.6) is 0 Å². The molecular weight excluding hydrogens is 334 g/mol. The zero-order chi connectivity index (χ0) is 17.7. The van der Waals surface area contributed by atoms with Crippen LogP contribution in [0.2, 0.25) is 0 Å². The van der Waals surface area contributed by atoms with Crippen molar-refractivity contribution >= 4 is 11.8 Å². The zero-order valence-corrected chi connectivity index (χ0v) is 14.9. The van der Waals surface area contributed by atoms with Gasteiger partial charge in [0.15, 0.2) is 5.69 Å². The third-order valence-electron chi connectivity index (χ3n) is 6.80. The molecule has 3 heterocycles. The number of H-pyrrole nitrogens is 1. The van der Waals surface area contributed by atoms with Gasteiger partial charge in [0.25, 0.3) is 5.91 Å². The molecule has 3 aliphatic carbocycles. The van der Waals surface area contributed by atoms with Gasteiger partial charge in [-0.1, -0.05) is 12.8 Å². The topological polar surface area (TPSA) is 91.4 Å². The normalized spacial score (nSPS) is 32.5. The summed E-state index contributed by atoms with van der Waals surface area (Å²) < 4.78 is 6.00. The quantitative estimate of drug-likeness (QED) is 0.839. The molecule has 2 aliphatic heterocycles. The molecule has 2 amide bonds. The van der Waals surface area contributed by atoms with Gasteiger partial charge in [-0.25, -0.2) is 0 Å². The Balaban J connectivity index is 1.21. The third-order valence-corrected chi connectivity index (χ3v) is 6.80. The summed E-state index contributed by atoms with van der Waals surface area (Å²) in [5, 5.41) is 10.1. The number of amides is 2. The van der Waals surface area contributed by atoms with Gasteiger partial charge in [-0.3, -0.25) is 9.59 Å². The summed E-state index contributed by atoms with van der Waals surface area (Å²) in [7, 11) is 0. The van der Waals surface area contributed by atoms with Crippen molar-refractivity contribution in [2.24, 2.45) is 17.8 Å². The first-order chi connectivity index (χ1) is 12.6. The molecule has 5 aliphatic rings. The van der Waals surface area contributed by atoms with E-state index in [0.717, 1.165) is 12.3 Å². The van der Waals surface area contributed by atoms with Gasteiger partial charge in [-0.15, -0.1) is 0 Å². The molecule has 1 atom stereocenters. The van der Waals surface area contributed by atoms with E-state index in [1.54, 1.807) is 4.90 Å². The Morgan fingerprint density at radius 2 is 1.92 bits per heavy atom. The SMILES string of the molecule is O=C(c1cn[nH]n1)N1CCOC2(C1)CN(C(=O)C1CC3CCC1CC3)C2. The van der Waals surface area contributed by atoms with E-state index >= 15 is 0 Å². The lowest BCUT2D eigenvalue weighted by atomic mass is 9.64. The highest BCUT2D eigenvalue weighted by Gasteiger charge is 2.52. The lowest BCUT2D eigenvalue weighted by molar-refractivity contribution is -0.192. The van der Waals surface area contributed by atoms with Crippen molar-refractivity contribution in [1.29, 1.82) is 0 Å². The molecule has 0 radical (unpaired) electrons. The molecule has 8 heteroatoms. The molecule has 2 saturated heterocycles. The average Bonchev–Trinajstić information content (AvgIpc) is 3.20. The molecule has 1 unspecified atom stereocenters. The smallest absolute Gasteiger partial charge is 0.276 e. The molecule has 0 aromatic carbocycles. The van der Waals surface area contributed by atoms with Crippen LogP contribution in [0.1, 0.15) is 42.6 Å². The summed E-state index contributed by atoms with van der Waals surface area (Å²) in [4.78, 5) is 29.2. The highest BCUT2D eigenvalue weighted by Crippen LogP contribution is 2.46. The number of ether oxygens (including phenoxy) is 1. The Labute approximate surface area is 152 Å². The molecule has 1 N–H and O–H groups in total. The average molecular weight is 359 g/mol. The van der Waals surface area contributed by atoms with E-state index in [-0.39, 0.29) is 11.8 Å². The van der Waals surface area contributed by atoms with Crippen molar-refractivity contribution in [2.45, 2.75) is 37.7 Å². The van der Waals surface area contributed by atoms with Gasteiger partial charge in [-0.2, -0.15) is 15.4 Å². The number of likely N-dealkylation sites (tertiary alicyclic amines) is 1. The number of rotatable bonds is 2. The second-order valence-electron chi connectivity index (χ2n) is 8.43. The molecule has 1 spiro atoms. The molecule has 5 fully saturated rings. The van der Waals surface area contributed by atoms with Crippen LogP contribution in [0.3, 0.4) is 0 Å². The predicted molar refractivity (Wildman–Crippen MR) is 91.1 cm³/mol. The van der Waals surface area contributed by atoms with E-state index in [4.69, 9.17) is 4.74 Å². The summed E-state index contributed by atoms with van der Waals surface area (Å²) in [5.41, 5.74) is -0.0754. The van der Waals surface area contributed by atoms with Crippen LogP contribution < -0.4 is 0 Å². The van der Waals surface area contributed by atoms with Crippen LogP contribution in [0.15, 0.2) is 6.20 Å². The van der Waals surface area contributed by atoms with Gasteiger partial charge >= 0.3 is 0 Å². The molecule has 6 rings (SSSR count). The second-order valence-corrected chi connectivity index (χ2v) is 8.43. The largest absolute Gasteiger partial charge is 0.368 e. The molecule has 1 aromatic heterocycles. The molecule has 1 aromatic rings. The van der Waals surface area contributed by atoms with Crippen LogP contribution in [0, 0.1) is 17.8 Å². The summed E-state index contributed by atoms with van der Waals surface area (Å²) in [6, 6.07) is 0. The van der Waals surface area contributed by atoms with Crippen LogP contribution in [-0.4, -0.2) is 75.4 Å². The minimum atomic E-state index is -0.402. The van der Waals surface area contributed by atoms with E-state index in [1.807, 2.05) is 4.90 Å². The van der Waals surface area contributed by atoms with Crippen LogP contribution in [0.4, 0.5) is 0 Å². The van der Waals surface area contributed by atoms with E-state index < -0.39 is 5.60 Å². The molecular formula is C18H25N5O3. The van der Waals surface area contributed by atoms with E-state index in [9.17, 15) is 9.59 Å². The second kappa shape index (κ2) is 6.04. The fourth-order valence-corrected chi connectivity index (χ4v) is 5.40. The van der Waals surface area contributed by atoms with Gasteiger partial charge in [0.1, 0.15) is 5.60 Å². The first kappa shape index (κ1) is 16.2. The first-order valence-corrected chi connectivity index (χ1v) is 9.71. The van der Waals surface area contributed by atoms with Crippen LogP contribution in [0.25, 0.3) is 0 Å². The van der Waals surface area contributed by atoms with Crippen molar-refractivity contribution in [3.8, 4) is 0 Å². The Kier molecular flexibility index (Phi) is 3.77. The van der Waals surface area contributed by atoms with Gasteiger partial charge in [0, 0.05) is 12.5 Å². The summed E-state index contributed by atoms with van der Waals surface area (Å²) in [6.07, 6.45) is 7.57. The third kappa shape index (κ3) is 2.62. The summed E-state index contributed by atoms with van der Waals surface area (Å²) in [6.45, 7) is 2.76. The molecule has 140 valence electrons. The number of carbonyl (C=O) groups excluding carboxylic acids is 2. The maximum atomic E-state index is 13.0. The molecule has 3 saturated carbocycles. The number of nitrogens with zero attached hydrogens (tertiary/aromatic N) is 4. The van der Waals surface area contributed by atoms with Crippen molar-refractivity contribution in [2.75, 3.05) is 32.8 Å². The lowest BCUT2D eigenvalue weighted by Crippen LogP contribution is -2.72. The van der Waals surface area contributed by atoms with Crippen molar-refractivity contribution in [3.63, 3.8) is 0 Å². The standard InChI is InChI=1S/C18H25N5O3/c24-16(14-7-12-1-3-13(14)4-2-12)23-10-18(11-23)9-22(5-6-26-18)17(25)15-8-19-21-20-15/h8,12-14H,1-7,9-11H2,(H,19,20,21). The fourth-order valence-electron chi connectivity index (χ4n) is 5.40. The number of carbonyl (C=O) groups is 2. The number of hydrogen-bond acceptors (Lipinski definition) is 5. The maximum Gasteiger partial charge on any atom is 0.276 e. The van der Waals surface area contributed by atoms with Gasteiger partial charge in [0.05, 0.1) is 32.4 Å². The number of morpholine rings is 1. The van der Waals surface area contributed by atoms with E-state index in [2.05, 4.69) is 15.4 Å². The highest BCUT2D eigenvalue weighted by molar-refractivity contribution is 5.92. The van der Waals surface area contributed by atoms with Crippen molar-refractivity contribution < 1.29 is 14.3 Å². The zero-order valence-electron chi connectivity index (χ0n) is 14.9. The predicted octanol–water partition coefficient (Wildman–Crippen LogP) is 0.684. The summed E-state index contributed by atoms with van der Waals surface area (Å²) >= 11 is 0. The minimum Gasteiger partial charge on any atom is -0.368 e. The molecule has 2 bridgehead atoms. The van der Waals surface area contributed by atoms with Gasteiger partial charge in [-0.05, 0) is 31.1 Å². The van der Waals surface area contributed by atoms with Crippen molar-refractivity contribution in [1.82, 2.24) is 25.2 Å². The Bertz CT molecular complexity index is 692. The monoisotopic (exact) mass is 359 g/mol. The number of nitrogens with one attached hydrogen (secondary N) is 1. The van der Waals surface area contributed by atoms with Crippen LogP contribution >= 0.6 is 0 Å². The number of hydrogen-bond donors (Lipinski definition) is 1. The minimum absolute atomic E-state index is 0.129. The lowest BCUT2D eigenvalue weighted by Gasteiger charge is -2.55. The Hall–Kier alpha value is -1.96.